The van der Waals surface area contributed by atoms with Gasteiger partial charge in [0.2, 0.25) is 0 Å². The van der Waals surface area contributed by atoms with Gasteiger partial charge < -0.3 is 0 Å². The van der Waals surface area contributed by atoms with Crippen molar-refractivity contribution < 1.29 is 8.42 Å². The zero-order valence-corrected chi connectivity index (χ0v) is 7.29. The lowest BCUT2D eigenvalue weighted by molar-refractivity contribution is 0.591. The Morgan fingerprint density at radius 1 is 1.33 bits per heavy atom. The van der Waals surface area contributed by atoms with E-state index in [1.807, 2.05) is 0 Å². The molecule has 1 aromatic rings. The Morgan fingerprint density at radius 3 is 2.58 bits per heavy atom. The molecule has 0 aromatic carbocycles. The van der Waals surface area contributed by atoms with Gasteiger partial charge in [-0.3, -0.25) is 0 Å². The van der Waals surface area contributed by atoms with E-state index in [9.17, 15) is 8.42 Å². The Balaban J connectivity index is 2.42. The molecule has 2 rings (SSSR count). The minimum absolute atomic E-state index is 0.160. The summed E-state index contributed by atoms with van der Waals surface area (Å²) >= 11 is 0. The van der Waals surface area contributed by atoms with Crippen molar-refractivity contribution in [2.45, 2.75) is 23.1 Å². The van der Waals surface area contributed by atoms with Gasteiger partial charge >= 0.3 is 0 Å². The molecule has 1 aromatic heterocycles. The standard InChI is InChI=1S/C8H9NO2S/c10-12(11,7-4-5-7)8-3-1-2-6-9-8/h1-3,6-7H,4-5H2. The van der Waals surface area contributed by atoms with Crippen LogP contribution in [0.15, 0.2) is 29.4 Å². The van der Waals surface area contributed by atoms with Crippen LogP contribution in [0.1, 0.15) is 12.8 Å². The molecule has 0 saturated heterocycles. The number of nitrogens with zero attached hydrogens (tertiary/aromatic N) is 1. The van der Waals surface area contributed by atoms with Crippen molar-refractivity contribution in [3.05, 3.63) is 24.4 Å². The van der Waals surface area contributed by atoms with E-state index in [0.717, 1.165) is 12.8 Å². The van der Waals surface area contributed by atoms with Gasteiger partial charge in [0.15, 0.2) is 14.9 Å². The average molecular weight is 183 g/mol. The van der Waals surface area contributed by atoms with E-state index in [0.29, 0.717) is 0 Å². The van der Waals surface area contributed by atoms with E-state index < -0.39 is 9.84 Å². The summed E-state index contributed by atoms with van der Waals surface area (Å²) in [6, 6.07) is 4.96. The van der Waals surface area contributed by atoms with Crippen LogP contribution in [-0.4, -0.2) is 18.7 Å². The predicted molar refractivity (Wildman–Crippen MR) is 44.4 cm³/mol. The number of pyridine rings is 1. The minimum atomic E-state index is -3.08. The number of hydrogen-bond acceptors (Lipinski definition) is 3. The molecule has 1 fully saturated rings. The molecular formula is C8H9NO2S. The molecule has 12 heavy (non-hydrogen) atoms. The maximum atomic E-state index is 11.5. The summed E-state index contributed by atoms with van der Waals surface area (Å²) < 4.78 is 23.1. The lowest BCUT2D eigenvalue weighted by Crippen LogP contribution is -2.08. The first kappa shape index (κ1) is 7.73. The van der Waals surface area contributed by atoms with Gasteiger partial charge in [0.05, 0.1) is 5.25 Å². The minimum Gasteiger partial charge on any atom is -0.245 e. The van der Waals surface area contributed by atoms with Gasteiger partial charge in [-0.05, 0) is 25.0 Å². The second-order valence-electron chi connectivity index (χ2n) is 2.91. The van der Waals surface area contributed by atoms with Gasteiger partial charge in [0.1, 0.15) is 0 Å². The van der Waals surface area contributed by atoms with Crippen LogP contribution in [-0.2, 0) is 9.84 Å². The lowest BCUT2D eigenvalue weighted by atomic mass is 10.5. The molecule has 0 spiro atoms. The molecule has 0 radical (unpaired) electrons. The highest BCUT2D eigenvalue weighted by Gasteiger charge is 2.37. The monoisotopic (exact) mass is 183 g/mol. The van der Waals surface area contributed by atoms with Crippen LogP contribution in [0.2, 0.25) is 0 Å². The number of rotatable bonds is 2. The zero-order chi connectivity index (χ0) is 8.60. The fraction of sp³-hybridized carbons (Fsp3) is 0.375. The van der Waals surface area contributed by atoms with E-state index in [-0.39, 0.29) is 10.3 Å². The third kappa shape index (κ3) is 1.22. The summed E-state index contributed by atoms with van der Waals surface area (Å²) in [7, 11) is -3.08. The lowest BCUT2D eigenvalue weighted by Gasteiger charge is -1.98. The number of sulfone groups is 1. The molecule has 0 atom stereocenters. The van der Waals surface area contributed by atoms with Crippen molar-refractivity contribution in [1.82, 2.24) is 4.98 Å². The molecule has 0 aliphatic heterocycles. The largest absolute Gasteiger partial charge is 0.245 e. The van der Waals surface area contributed by atoms with Gasteiger partial charge in [-0.15, -0.1) is 0 Å². The quantitative estimate of drug-likeness (QED) is 0.687. The maximum absolute atomic E-state index is 11.5. The summed E-state index contributed by atoms with van der Waals surface area (Å²) in [6.45, 7) is 0. The Bertz CT molecular complexity index is 367. The Labute approximate surface area is 71.4 Å². The van der Waals surface area contributed by atoms with Crippen LogP contribution in [0.4, 0.5) is 0 Å². The highest BCUT2D eigenvalue weighted by molar-refractivity contribution is 7.92. The molecule has 3 nitrogen and oxygen atoms in total. The number of aromatic nitrogens is 1. The SMILES string of the molecule is O=S(=O)(c1ccccn1)C1CC1. The summed E-state index contributed by atoms with van der Waals surface area (Å²) in [5.41, 5.74) is 0. The van der Waals surface area contributed by atoms with E-state index in [4.69, 9.17) is 0 Å². The van der Waals surface area contributed by atoms with Gasteiger partial charge in [-0.25, -0.2) is 13.4 Å². The fourth-order valence-corrected chi connectivity index (χ4v) is 2.64. The summed E-state index contributed by atoms with van der Waals surface area (Å²) in [4.78, 5) is 3.82. The second kappa shape index (κ2) is 2.55. The summed E-state index contributed by atoms with van der Waals surface area (Å²) in [6.07, 6.45) is 3.09. The third-order valence-corrected chi connectivity index (χ3v) is 4.07. The van der Waals surface area contributed by atoms with Gasteiger partial charge in [0.25, 0.3) is 0 Å². The Hall–Kier alpha value is -0.900. The third-order valence-electron chi connectivity index (χ3n) is 1.89. The van der Waals surface area contributed by atoms with Crippen LogP contribution in [0.3, 0.4) is 0 Å². The highest BCUT2D eigenvalue weighted by Crippen LogP contribution is 2.32. The van der Waals surface area contributed by atoms with Crippen molar-refractivity contribution in [2.75, 3.05) is 0 Å². The van der Waals surface area contributed by atoms with Crippen LogP contribution in [0, 0.1) is 0 Å². The van der Waals surface area contributed by atoms with Gasteiger partial charge in [-0.1, -0.05) is 6.07 Å². The number of hydrogen-bond donors (Lipinski definition) is 0. The van der Waals surface area contributed by atoms with E-state index in [1.54, 1.807) is 18.2 Å². The van der Waals surface area contributed by atoms with Gasteiger partial charge in [0, 0.05) is 6.20 Å². The Morgan fingerprint density at radius 2 is 2.08 bits per heavy atom. The first-order valence-corrected chi connectivity index (χ1v) is 5.41. The molecule has 0 N–H and O–H groups in total. The van der Waals surface area contributed by atoms with E-state index in [2.05, 4.69) is 4.98 Å². The average Bonchev–Trinajstić information content (AvgIpc) is 2.88. The molecule has 0 amide bonds. The first-order valence-electron chi connectivity index (χ1n) is 3.86. The van der Waals surface area contributed by atoms with Crippen LogP contribution in [0.25, 0.3) is 0 Å². The fourth-order valence-electron chi connectivity index (χ4n) is 1.06. The van der Waals surface area contributed by atoms with Crippen molar-refractivity contribution in [2.24, 2.45) is 0 Å². The predicted octanol–water partition coefficient (Wildman–Crippen LogP) is 1.02. The van der Waals surface area contributed by atoms with E-state index in [1.165, 1.54) is 6.20 Å². The van der Waals surface area contributed by atoms with Crippen molar-refractivity contribution in [3.8, 4) is 0 Å². The van der Waals surface area contributed by atoms with Crippen LogP contribution >= 0.6 is 0 Å². The Kier molecular flexibility index (Phi) is 1.65. The second-order valence-corrected chi connectivity index (χ2v) is 5.09. The molecule has 1 saturated carbocycles. The summed E-state index contributed by atoms with van der Waals surface area (Å²) in [5, 5.41) is 0.0555. The zero-order valence-electron chi connectivity index (χ0n) is 6.47. The molecule has 4 heteroatoms. The molecule has 1 aliphatic carbocycles. The molecule has 0 bridgehead atoms. The topological polar surface area (TPSA) is 47.0 Å². The first-order chi connectivity index (χ1) is 5.71. The van der Waals surface area contributed by atoms with Crippen molar-refractivity contribution in [3.63, 3.8) is 0 Å². The molecule has 64 valence electrons. The van der Waals surface area contributed by atoms with Crippen molar-refractivity contribution in [1.29, 1.82) is 0 Å². The molecule has 0 unspecified atom stereocenters. The molecule has 1 heterocycles. The maximum Gasteiger partial charge on any atom is 0.198 e. The molecule has 1 aliphatic rings. The normalized spacial score (nSPS) is 17.7. The van der Waals surface area contributed by atoms with Crippen LogP contribution < -0.4 is 0 Å². The smallest absolute Gasteiger partial charge is 0.198 e. The van der Waals surface area contributed by atoms with Crippen LogP contribution in [0.5, 0.6) is 0 Å². The van der Waals surface area contributed by atoms with Crippen molar-refractivity contribution >= 4 is 9.84 Å². The van der Waals surface area contributed by atoms with Gasteiger partial charge in [-0.2, -0.15) is 0 Å². The molecular weight excluding hydrogens is 174 g/mol. The summed E-state index contributed by atoms with van der Waals surface area (Å²) in [5.74, 6) is 0. The highest BCUT2D eigenvalue weighted by atomic mass is 32.2. The van der Waals surface area contributed by atoms with E-state index >= 15 is 0 Å².